The normalized spacial score (nSPS) is 11.0. The monoisotopic (exact) mass is 1680 g/mol. The highest BCUT2D eigenvalue weighted by Gasteiger charge is 2.12. The second kappa shape index (κ2) is 38.2. The van der Waals surface area contributed by atoms with Crippen LogP contribution in [0, 0.1) is 0 Å². The molecule has 0 saturated heterocycles. The van der Waals surface area contributed by atoms with Crippen molar-refractivity contribution in [1.82, 2.24) is 0 Å². The lowest BCUT2D eigenvalue weighted by molar-refractivity contribution is 1.72. The Hall–Kier alpha value is -17.2. The minimum atomic E-state index is 1.31. The van der Waals surface area contributed by atoms with Crippen molar-refractivity contribution in [3.05, 3.63) is 558 Å². The van der Waals surface area contributed by atoms with Gasteiger partial charge in [0.25, 0.3) is 0 Å². The molecule has 0 aliphatic heterocycles. The van der Waals surface area contributed by atoms with E-state index >= 15 is 0 Å². The summed E-state index contributed by atoms with van der Waals surface area (Å²) in [5.74, 6) is 0. The van der Waals surface area contributed by atoms with Gasteiger partial charge >= 0.3 is 0 Å². The molecule has 29 rings (SSSR count). The Kier molecular flexibility index (Phi) is 23.7. The number of fused-ring (bicyclic) bond motifs is 25. The fraction of sp³-hybridized carbons (Fsp3) is 0. The minimum Gasteiger partial charge on any atom is -0.0623 e. The van der Waals surface area contributed by atoms with Gasteiger partial charge in [0.15, 0.2) is 0 Å². The van der Waals surface area contributed by atoms with Crippen LogP contribution in [0.4, 0.5) is 0 Å². The Morgan fingerprint density at radius 2 is 0.197 bits per heavy atom. The van der Waals surface area contributed by atoms with Gasteiger partial charge in [0.05, 0.1) is 0 Å². The Morgan fingerprint density at radius 3 is 0.432 bits per heavy atom. The molecular formula is C132H92. The summed E-state index contributed by atoms with van der Waals surface area (Å²) in [6, 6.07) is 198. The molecule has 0 nitrogen and oxygen atoms in total. The van der Waals surface area contributed by atoms with Crippen molar-refractivity contribution in [1.29, 1.82) is 0 Å². The highest BCUT2D eigenvalue weighted by molar-refractivity contribution is 6.27. The molecule has 0 saturated carbocycles. The standard InChI is InChI=1S/4C18H12.C16H10.2C14H10.C10H8.C6H6/c1-3-7-16-13(5-1)9-11-15-12-10-14-6-2-4-8-17(14)18(15)16;1-3-7-15-13(5-1)9-11-18-16-8-4-2-6-14(16)10-12-17(15)18;1-2-8-14-13(7-1)15-9-3-4-11-17(15)18-12-6-5-10-16(14)18;1-2-6-14-10-18-12-16-8-4-3-7-15(16)11-17(18)9-13(14)5-1;1-3-11-7-9-13-5-2-6-14-10-8-12(4-1)15(11)16(13)14;1-3-7-13-11(5-1)9-10-12-6-2-4-8-14(12)13;1-2-6-12-10-14-8-4-3-7-13(14)9-11(12)5-1;1-2-6-10-8-4-3-7-9(10)5-1;1-2-4-6-5-3-1/h4*1-12H;1-10H;2*1-10H;1-8H;1-6H. The first-order valence-corrected chi connectivity index (χ1v) is 45.5. The molecule has 0 heteroatoms. The van der Waals surface area contributed by atoms with E-state index in [4.69, 9.17) is 0 Å². The van der Waals surface area contributed by atoms with Crippen molar-refractivity contribution in [3.63, 3.8) is 0 Å². The summed E-state index contributed by atoms with van der Waals surface area (Å²) >= 11 is 0. The maximum Gasteiger partial charge on any atom is -0.00268 e. The van der Waals surface area contributed by atoms with Gasteiger partial charge in [-0.2, -0.15) is 0 Å². The zero-order valence-corrected chi connectivity index (χ0v) is 73.1. The lowest BCUT2D eigenvalue weighted by atomic mass is 9.95. The van der Waals surface area contributed by atoms with Crippen LogP contribution >= 0.6 is 0 Å². The van der Waals surface area contributed by atoms with E-state index in [1.807, 2.05) is 36.4 Å². The lowest BCUT2D eigenvalue weighted by Gasteiger charge is -2.09. The summed E-state index contributed by atoms with van der Waals surface area (Å²) in [7, 11) is 0. The maximum atomic E-state index is 2.27. The molecule has 0 amide bonds. The molecule has 0 unspecified atom stereocenters. The van der Waals surface area contributed by atoms with Crippen molar-refractivity contribution < 1.29 is 0 Å². The molecule has 0 atom stereocenters. The first-order chi connectivity index (χ1) is 65.5. The smallest absolute Gasteiger partial charge is 0.00268 e. The molecule has 0 bridgehead atoms. The molecule has 0 spiro atoms. The van der Waals surface area contributed by atoms with Gasteiger partial charge in [-0.15, -0.1) is 0 Å². The third kappa shape index (κ3) is 17.4. The first kappa shape index (κ1) is 81.9. The van der Waals surface area contributed by atoms with Crippen LogP contribution in [0.5, 0.6) is 0 Å². The van der Waals surface area contributed by atoms with Crippen molar-refractivity contribution >= 4 is 215 Å². The Bertz CT molecular complexity index is 8240. The third-order valence-electron chi connectivity index (χ3n) is 25.5. The van der Waals surface area contributed by atoms with Crippen LogP contribution in [0.25, 0.3) is 215 Å². The number of hydrogen-bond donors (Lipinski definition) is 0. The highest BCUT2D eigenvalue weighted by Crippen LogP contribution is 2.39. The molecule has 29 aromatic carbocycles. The Labute approximate surface area is 768 Å². The topological polar surface area (TPSA) is 0 Å². The van der Waals surface area contributed by atoms with E-state index in [-0.39, 0.29) is 0 Å². The molecule has 0 heterocycles. The fourth-order valence-electron chi connectivity index (χ4n) is 19.1. The van der Waals surface area contributed by atoms with Gasteiger partial charge in [0.2, 0.25) is 0 Å². The predicted molar refractivity (Wildman–Crippen MR) is 579 cm³/mol. The minimum absolute atomic E-state index is 1.31. The van der Waals surface area contributed by atoms with Crippen molar-refractivity contribution in [2.75, 3.05) is 0 Å². The largest absolute Gasteiger partial charge is 0.0623 e. The van der Waals surface area contributed by atoms with Gasteiger partial charge in [-0.05, 0) is 252 Å². The van der Waals surface area contributed by atoms with E-state index in [1.54, 1.807) is 0 Å². The summed E-state index contributed by atoms with van der Waals surface area (Å²) in [5, 5.41) is 53.1. The number of hydrogen-bond acceptors (Lipinski definition) is 0. The van der Waals surface area contributed by atoms with Crippen molar-refractivity contribution in [2.24, 2.45) is 0 Å². The molecule has 0 aliphatic carbocycles. The van der Waals surface area contributed by atoms with Gasteiger partial charge in [0.1, 0.15) is 0 Å². The molecule has 0 aromatic heterocycles. The molecule has 0 aliphatic rings. The Balaban J connectivity index is 0.0000000905. The number of benzene rings is 29. The third-order valence-corrected chi connectivity index (χ3v) is 25.5. The van der Waals surface area contributed by atoms with Gasteiger partial charge < -0.3 is 0 Å². The molecule has 0 N–H and O–H groups in total. The van der Waals surface area contributed by atoms with E-state index in [0.29, 0.717) is 0 Å². The van der Waals surface area contributed by atoms with Gasteiger partial charge in [-0.25, -0.2) is 0 Å². The van der Waals surface area contributed by atoms with Gasteiger partial charge in [-0.3, -0.25) is 0 Å². The zero-order valence-electron chi connectivity index (χ0n) is 73.1. The highest BCUT2D eigenvalue weighted by atomic mass is 14.2. The van der Waals surface area contributed by atoms with Gasteiger partial charge in [-0.1, -0.05) is 522 Å². The van der Waals surface area contributed by atoms with E-state index in [2.05, 4.69) is 522 Å². The summed E-state index contributed by atoms with van der Waals surface area (Å²) < 4.78 is 0. The predicted octanol–water partition coefficient (Wildman–Crippen LogP) is 37.7. The van der Waals surface area contributed by atoms with Crippen LogP contribution in [0.15, 0.2) is 558 Å². The van der Waals surface area contributed by atoms with Crippen LogP contribution in [0.2, 0.25) is 0 Å². The average molecular weight is 1680 g/mol. The summed E-state index contributed by atoms with van der Waals surface area (Å²) in [6.45, 7) is 0. The molecule has 132 heavy (non-hydrogen) atoms. The van der Waals surface area contributed by atoms with Crippen LogP contribution < -0.4 is 0 Å². The van der Waals surface area contributed by atoms with E-state index in [0.717, 1.165) is 0 Å². The zero-order chi connectivity index (χ0) is 88.1. The van der Waals surface area contributed by atoms with E-state index in [9.17, 15) is 0 Å². The molecule has 29 aromatic rings. The first-order valence-electron chi connectivity index (χ1n) is 45.5. The summed E-state index contributed by atoms with van der Waals surface area (Å²) in [5.41, 5.74) is 0. The van der Waals surface area contributed by atoms with E-state index < -0.39 is 0 Å². The second-order valence-electron chi connectivity index (χ2n) is 33.6. The summed E-state index contributed by atoms with van der Waals surface area (Å²) in [4.78, 5) is 0. The van der Waals surface area contributed by atoms with Crippen LogP contribution in [-0.2, 0) is 0 Å². The van der Waals surface area contributed by atoms with Gasteiger partial charge in [0, 0.05) is 0 Å². The summed E-state index contributed by atoms with van der Waals surface area (Å²) in [6.07, 6.45) is 0. The SMILES string of the molecule is c1cc2ccc3cccc4ccc(c1)c2c34.c1ccc2c(c1)c1ccccc1c1ccccc21.c1ccc2c(c1)ccc1c3ccccc3ccc21.c1ccc2c(c1)ccc1ccc3ccccc3c12.c1ccc2c(c1)ccc1ccccc12.c1ccc2cc3cc4ccccc4cc3cc2c1.c1ccc2cc3ccccc3cc2c1.c1ccc2ccccc2c1.c1ccccc1. The molecule has 620 valence electrons. The molecule has 0 radical (unpaired) electrons. The van der Waals surface area contributed by atoms with Crippen molar-refractivity contribution in [3.8, 4) is 0 Å². The molecular weight excluding hydrogens is 1590 g/mol. The average Bonchev–Trinajstić information content (AvgIpc) is 0.752. The van der Waals surface area contributed by atoms with Crippen LogP contribution in [0.3, 0.4) is 0 Å². The van der Waals surface area contributed by atoms with Crippen molar-refractivity contribution in [2.45, 2.75) is 0 Å². The second-order valence-corrected chi connectivity index (χ2v) is 33.6. The van der Waals surface area contributed by atoms with Crippen LogP contribution in [0.1, 0.15) is 0 Å². The fourth-order valence-corrected chi connectivity index (χ4v) is 19.1. The molecule has 0 fully saturated rings. The maximum absolute atomic E-state index is 2.27. The quantitative estimate of drug-likeness (QED) is 0.105. The van der Waals surface area contributed by atoms with E-state index in [1.165, 1.54) is 215 Å². The number of rotatable bonds is 0. The lowest BCUT2D eigenvalue weighted by Crippen LogP contribution is -1.82. The van der Waals surface area contributed by atoms with Crippen LogP contribution in [-0.4, -0.2) is 0 Å². The Morgan fingerprint density at radius 1 is 0.0606 bits per heavy atom.